The number of allylic oxidation sites excluding steroid dienone is 1. The summed E-state index contributed by atoms with van der Waals surface area (Å²) in [6.07, 6.45) is -2.64. The van der Waals surface area contributed by atoms with Gasteiger partial charge in [-0.05, 0) is 31.6 Å². The number of carbonyl (C=O) groups is 1. The summed E-state index contributed by atoms with van der Waals surface area (Å²) in [6, 6.07) is 0. The predicted molar refractivity (Wildman–Crippen MR) is 95.6 cm³/mol. The van der Waals surface area contributed by atoms with Crippen molar-refractivity contribution >= 4 is 5.78 Å². The summed E-state index contributed by atoms with van der Waals surface area (Å²) < 4.78 is 10.9. The minimum absolute atomic E-state index is 0.0406. The molecule has 1 heterocycles. The Labute approximate surface area is 158 Å². The molecule has 2 rings (SSSR count). The molecule has 8 heteroatoms. The van der Waals surface area contributed by atoms with Crippen molar-refractivity contribution in [3.05, 3.63) is 23.8 Å². The third kappa shape index (κ3) is 4.32. The van der Waals surface area contributed by atoms with Crippen LogP contribution in [0.3, 0.4) is 0 Å². The number of hydrogen-bond donors (Lipinski definition) is 5. The molecule has 154 valence electrons. The second-order valence-corrected chi connectivity index (χ2v) is 8.02. The van der Waals surface area contributed by atoms with E-state index in [9.17, 15) is 30.3 Å². The van der Waals surface area contributed by atoms with Crippen LogP contribution in [0.5, 0.6) is 0 Å². The SMILES string of the molecule is CC1=CC(=O)CC(C)(C)C1(O)/C=C/C(C)OC1OC(CO)C(O)C(O)C1O. The summed E-state index contributed by atoms with van der Waals surface area (Å²) >= 11 is 0. The summed E-state index contributed by atoms with van der Waals surface area (Å²) in [7, 11) is 0. The molecule has 0 amide bonds. The van der Waals surface area contributed by atoms with Gasteiger partial charge in [-0.15, -0.1) is 0 Å². The normalized spacial score (nSPS) is 40.9. The molecule has 0 bridgehead atoms. The lowest BCUT2D eigenvalue weighted by molar-refractivity contribution is -0.306. The predicted octanol–water partition coefficient (Wildman–Crippen LogP) is -0.576. The van der Waals surface area contributed by atoms with Crippen molar-refractivity contribution in [3.8, 4) is 0 Å². The minimum atomic E-state index is -1.52. The molecule has 1 aliphatic heterocycles. The van der Waals surface area contributed by atoms with Gasteiger partial charge < -0.3 is 35.0 Å². The van der Waals surface area contributed by atoms with E-state index in [0.717, 1.165) is 0 Å². The number of rotatable bonds is 5. The van der Waals surface area contributed by atoms with Gasteiger partial charge in [0.1, 0.15) is 30.0 Å². The fourth-order valence-corrected chi connectivity index (χ4v) is 3.58. The van der Waals surface area contributed by atoms with E-state index < -0.39 is 54.4 Å². The maximum atomic E-state index is 11.8. The minimum Gasteiger partial charge on any atom is -0.394 e. The number of carbonyl (C=O) groups excluding carboxylic acids is 1. The highest BCUT2D eigenvalue weighted by molar-refractivity contribution is 5.92. The lowest BCUT2D eigenvalue weighted by Gasteiger charge is -2.44. The van der Waals surface area contributed by atoms with Gasteiger partial charge in [0, 0.05) is 11.8 Å². The highest BCUT2D eigenvalue weighted by Gasteiger charge is 2.47. The quantitative estimate of drug-likeness (QED) is 0.396. The first kappa shape index (κ1) is 22.2. The van der Waals surface area contributed by atoms with Crippen LogP contribution in [0.25, 0.3) is 0 Å². The van der Waals surface area contributed by atoms with Crippen molar-refractivity contribution in [1.82, 2.24) is 0 Å². The Bertz CT molecular complexity index is 611. The molecular formula is C19H30O8. The Balaban J connectivity index is 2.11. The second kappa shape index (κ2) is 8.08. The van der Waals surface area contributed by atoms with Gasteiger partial charge in [-0.25, -0.2) is 0 Å². The fourth-order valence-electron chi connectivity index (χ4n) is 3.58. The standard InChI is InChI=1S/C19H30O8/c1-10-7-12(21)8-18(3,4)19(10,25)6-5-11(2)26-17-16(24)15(23)14(22)13(9-20)27-17/h5-7,11,13-17,20,22-25H,8-9H2,1-4H3/b6-5+. The van der Waals surface area contributed by atoms with Crippen LogP contribution in [0.4, 0.5) is 0 Å². The zero-order valence-corrected chi connectivity index (χ0v) is 16.1. The first-order valence-electron chi connectivity index (χ1n) is 9.02. The Morgan fingerprint density at radius 3 is 2.48 bits per heavy atom. The first-order valence-corrected chi connectivity index (χ1v) is 9.02. The van der Waals surface area contributed by atoms with Crippen LogP contribution < -0.4 is 0 Å². The monoisotopic (exact) mass is 386 g/mol. The zero-order valence-electron chi connectivity index (χ0n) is 16.1. The molecule has 8 nitrogen and oxygen atoms in total. The summed E-state index contributed by atoms with van der Waals surface area (Å²) in [5, 5.41) is 50.0. The molecule has 0 aromatic rings. The topological polar surface area (TPSA) is 137 Å². The number of ether oxygens (including phenoxy) is 2. The highest BCUT2D eigenvalue weighted by atomic mass is 16.7. The van der Waals surface area contributed by atoms with Crippen LogP contribution >= 0.6 is 0 Å². The molecular weight excluding hydrogens is 356 g/mol. The van der Waals surface area contributed by atoms with Crippen LogP contribution in [0.15, 0.2) is 23.8 Å². The molecule has 7 atom stereocenters. The molecule has 0 saturated carbocycles. The first-order chi connectivity index (χ1) is 12.4. The van der Waals surface area contributed by atoms with Gasteiger partial charge in [0.25, 0.3) is 0 Å². The average Bonchev–Trinajstić information content (AvgIpc) is 2.58. The van der Waals surface area contributed by atoms with Crippen molar-refractivity contribution in [2.45, 2.75) is 76.5 Å². The number of hydrogen-bond acceptors (Lipinski definition) is 8. The maximum absolute atomic E-state index is 11.8. The second-order valence-electron chi connectivity index (χ2n) is 8.02. The molecule has 27 heavy (non-hydrogen) atoms. The van der Waals surface area contributed by atoms with Crippen LogP contribution in [0.1, 0.15) is 34.1 Å². The lowest BCUT2D eigenvalue weighted by Crippen LogP contribution is -2.59. The molecule has 0 radical (unpaired) electrons. The van der Waals surface area contributed by atoms with Gasteiger partial charge in [-0.1, -0.05) is 19.9 Å². The molecule has 1 fully saturated rings. The van der Waals surface area contributed by atoms with E-state index in [1.807, 2.05) is 0 Å². The Morgan fingerprint density at radius 1 is 1.30 bits per heavy atom. The summed E-state index contributed by atoms with van der Waals surface area (Å²) in [6.45, 7) is 6.40. The van der Waals surface area contributed by atoms with Crippen LogP contribution in [0, 0.1) is 5.41 Å². The van der Waals surface area contributed by atoms with Crippen molar-refractivity contribution in [3.63, 3.8) is 0 Å². The lowest BCUT2D eigenvalue weighted by atomic mass is 9.64. The van der Waals surface area contributed by atoms with Crippen molar-refractivity contribution in [2.24, 2.45) is 5.41 Å². The zero-order chi connectivity index (χ0) is 20.6. The van der Waals surface area contributed by atoms with E-state index in [4.69, 9.17) is 9.47 Å². The van der Waals surface area contributed by atoms with Gasteiger partial charge in [0.2, 0.25) is 0 Å². The van der Waals surface area contributed by atoms with Crippen LogP contribution in [0.2, 0.25) is 0 Å². The van der Waals surface area contributed by atoms with Gasteiger partial charge in [-0.2, -0.15) is 0 Å². The van der Waals surface area contributed by atoms with E-state index in [1.165, 1.54) is 6.08 Å². The fraction of sp³-hybridized carbons (Fsp3) is 0.737. The van der Waals surface area contributed by atoms with Crippen molar-refractivity contribution in [2.75, 3.05) is 6.61 Å². The molecule has 0 aromatic heterocycles. The molecule has 1 aliphatic carbocycles. The molecule has 2 aliphatic rings. The number of aliphatic hydroxyl groups excluding tert-OH is 4. The van der Waals surface area contributed by atoms with E-state index in [2.05, 4.69) is 0 Å². The van der Waals surface area contributed by atoms with Crippen LogP contribution in [-0.2, 0) is 14.3 Å². The summed E-state index contributed by atoms with van der Waals surface area (Å²) in [5.41, 5.74) is -1.52. The molecule has 7 unspecified atom stereocenters. The van der Waals surface area contributed by atoms with E-state index >= 15 is 0 Å². The third-order valence-corrected chi connectivity index (χ3v) is 5.43. The largest absolute Gasteiger partial charge is 0.394 e. The van der Waals surface area contributed by atoms with E-state index in [0.29, 0.717) is 5.57 Å². The van der Waals surface area contributed by atoms with Crippen LogP contribution in [-0.4, -0.2) is 80.3 Å². The van der Waals surface area contributed by atoms with Gasteiger partial charge >= 0.3 is 0 Å². The summed E-state index contributed by atoms with van der Waals surface area (Å²) in [4.78, 5) is 11.8. The third-order valence-electron chi connectivity index (χ3n) is 5.43. The highest BCUT2D eigenvalue weighted by Crippen LogP contribution is 2.44. The maximum Gasteiger partial charge on any atom is 0.187 e. The smallest absolute Gasteiger partial charge is 0.187 e. The van der Waals surface area contributed by atoms with Crippen molar-refractivity contribution < 1.29 is 39.8 Å². The molecule has 0 spiro atoms. The van der Waals surface area contributed by atoms with E-state index in [-0.39, 0.29) is 12.2 Å². The van der Waals surface area contributed by atoms with Crippen molar-refractivity contribution in [1.29, 1.82) is 0 Å². The average molecular weight is 386 g/mol. The summed E-state index contributed by atoms with van der Waals surface area (Å²) in [5.74, 6) is -0.0406. The Kier molecular flexibility index (Phi) is 6.63. The number of ketones is 1. The van der Waals surface area contributed by atoms with Gasteiger partial charge in [-0.3, -0.25) is 4.79 Å². The molecule has 0 aromatic carbocycles. The van der Waals surface area contributed by atoms with Gasteiger partial charge in [0.05, 0.1) is 12.7 Å². The van der Waals surface area contributed by atoms with Gasteiger partial charge in [0.15, 0.2) is 12.1 Å². The molecule has 5 N–H and O–H groups in total. The Hall–Kier alpha value is -1.13. The number of aliphatic hydroxyl groups is 5. The Morgan fingerprint density at radius 2 is 1.93 bits per heavy atom. The van der Waals surface area contributed by atoms with E-state index in [1.54, 1.807) is 39.8 Å². The molecule has 1 saturated heterocycles.